The highest BCUT2D eigenvalue weighted by Crippen LogP contribution is 2.26. The van der Waals surface area contributed by atoms with Crippen molar-refractivity contribution < 1.29 is 19.0 Å². The van der Waals surface area contributed by atoms with Crippen molar-refractivity contribution in [1.82, 2.24) is 14.8 Å². The monoisotopic (exact) mass is 454 g/mol. The predicted molar refractivity (Wildman–Crippen MR) is 125 cm³/mol. The van der Waals surface area contributed by atoms with E-state index in [1.807, 2.05) is 35.8 Å². The van der Waals surface area contributed by atoms with Gasteiger partial charge in [-0.05, 0) is 19.1 Å². The average Bonchev–Trinajstić information content (AvgIpc) is 3.18. The van der Waals surface area contributed by atoms with Gasteiger partial charge in [-0.1, -0.05) is 35.5 Å². The van der Waals surface area contributed by atoms with Gasteiger partial charge < -0.3 is 19.5 Å². The molecule has 168 valence electrons. The molecule has 32 heavy (non-hydrogen) atoms. The Morgan fingerprint density at radius 2 is 1.78 bits per heavy atom. The number of anilines is 1. The first-order valence-electron chi connectivity index (χ1n) is 9.90. The molecule has 2 aromatic carbocycles. The summed E-state index contributed by atoms with van der Waals surface area (Å²) in [6, 6.07) is 13.0. The largest absolute Gasteiger partial charge is 0.497 e. The summed E-state index contributed by atoms with van der Waals surface area (Å²) < 4.78 is 18.2. The van der Waals surface area contributed by atoms with Gasteiger partial charge in [0, 0.05) is 30.4 Å². The fourth-order valence-corrected chi connectivity index (χ4v) is 3.60. The van der Waals surface area contributed by atoms with Gasteiger partial charge in [-0.15, -0.1) is 16.8 Å². The molecule has 0 unspecified atom stereocenters. The summed E-state index contributed by atoms with van der Waals surface area (Å²) in [6.45, 7) is 6.60. The number of aromatic nitrogens is 3. The van der Waals surface area contributed by atoms with Gasteiger partial charge in [0.05, 0.1) is 20.0 Å². The van der Waals surface area contributed by atoms with Crippen LogP contribution in [0, 0.1) is 6.92 Å². The lowest BCUT2D eigenvalue weighted by Gasteiger charge is -2.11. The number of thioether (sulfide) groups is 1. The van der Waals surface area contributed by atoms with Gasteiger partial charge in [-0.3, -0.25) is 9.36 Å². The minimum atomic E-state index is -0.184. The van der Waals surface area contributed by atoms with Crippen LogP contribution in [0.3, 0.4) is 0 Å². The van der Waals surface area contributed by atoms with Crippen LogP contribution in [0.25, 0.3) is 0 Å². The van der Waals surface area contributed by atoms with E-state index in [1.54, 1.807) is 38.5 Å². The molecule has 0 saturated heterocycles. The zero-order valence-electron chi connectivity index (χ0n) is 18.3. The molecule has 8 nitrogen and oxygen atoms in total. The second kappa shape index (κ2) is 11.2. The fraction of sp³-hybridized carbons (Fsp3) is 0.261. The van der Waals surface area contributed by atoms with Crippen molar-refractivity contribution in [2.24, 2.45) is 0 Å². The molecule has 0 spiro atoms. The number of rotatable bonds is 11. The number of nitrogens with one attached hydrogen (secondary N) is 1. The van der Waals surface area contributed by atoms with E-state index in [1.165, 1.54) is 11.8 Å². The van der Waals surface area contributed by atoms with Crippen LogP contribution >= 0.6 is 11.8 Å². The number of benzene rings is 2. The SMILES string of the molecule is C=CCn1c(COc2ccc(C)cc2)nnc1SCC(=O)Nc1cc(OC)cc(OC)c1. The summed E-state index contributed by atoms with van der Waals surface area (Å²) in [7, 11) is 3.12. The third kappa shape index (κ3) is 6.27. The summed E-state index contributed by atoms with van der Waals surface area (Å²) in [4.78, 5) is 12.5. The molecule has 0 fully saturated rings. The van der Waals surface area contributed by atoms with E-state index in [4.69, 9.17) is 14.2 Å². The molecule has 1 amide bonds. The number of ether oxygens (including phenoxy) is 3. The van der Waals surface area contributed by atoms with Crippen molar-refractivity contribution >= 4 is 23.4 Å². The number of carbonyl (C=O) groups excluding carboxylic acids is 1. The molecule has 9 heteroatoms. The molecular weight excluding hydrogens is 428 g/mol. The van der Waals surface area contributed by atoms with Crippen LogP contribution in [0.5, 0.6) is 17.2 Å². The van der Waals surface area contributed by atoms with Gasteiger partial charge in [0.15, 0.2) is 11.0 Å². The van der Waals surface area contributed by atoms with Gasteiger partial charge >= 0.3 is 0 Å². The molecule has 0 radical (unpaired) electrons. The number of hydrogen-bond acceptors (Lipinski definition) is 7. The zero-order chi connectivity index (χ0) is 22.9. The van der Waals surface area contributed by atoms with E-state index in [9.17, 15) is 4.79 Å². The highest BCUT2D eigenvalue weighted by Gasteiger charge is 2.15. The quantitative estimate of drug-likeness (QED) is 0.345. The van der Waals surface area contributed by atoms with Crippen LogP contribution in [0.4, 0.5) is 5.69 Å². The molecule has 0 aliphatic heterocycles. The van der Waals surface area contributed by atoms with Crippen molar-refractivity contribution in [3.8, 4) is 17.2 Å². The second-order valence-corrected chi connectivity index (χ2v) is 7.78. The molecule has 0 aliphatic carbocycles. The molecule has 3 aromatic rings. The standard InChI is InChI=1S/C23H26N4O4S/c1-5-10-27-21(14-31-18-8-6-16(2)7-9-18)25-26-23(27)32-15-22(28)24-17-11-19(29-3)13-20(12-17)30-4/h5-9,11-13H,1,10,14-15H2,2-4H3,(H,24,28). The lowest BCUT2D eigenvalue weighted by atomic mass is 10.2. The third-order valence-corrected chi connectivity index (χ3v) is 5.43. The van der Waals surface area contributed by atoms with Gasteiger partial charge in [0.2, 0.25) is 5.91 Å². The molecule has 3 rings (SSSR count). The summed E-state index contributed by atoms with van der Waals surface area (Å²) in [5, 5.41) is 11.9. The lowest BCUT2D eigenvalue weighted by Crippen LogP contribution is -2.15. The fourth-order valence-electron chi connectivity index (χ4n) is 2.83. The Hall–Kier alpha value is -3.46. The van der Waals surface area contributed by atoms with Crippen molar-refractivity contribution in [1.29, 1.82) is 0 Å². The van der Waals surface area contributed by atoms with Crippen LogP contribution in [-0.4, -0.2) is 40.6 Å². The Balaban J connectivity index is 1.62. The van der Waals surface area contributed by atoms with E-state index in [2.05, 4.69) is 22.1 Å². The van der Waals surface area contributed by atoms with Crippen molar-refractivity contribution in [2.45, 2.75) is 25.2 Å². The van der Waals surface area contributed by atoms with Crippen LogP contribution in [-0.2, 0) is 17.9 Å². The van der Waals surface area contributed by atoms with Crippen molar-refractivity contribution in [3.05, 3.63) is 66.5 Å². The Bertz CT molecular complexity index is 1040. The van der Waals surface area contributed by atoms with Gasteiger partial charge in [-0.2, -0.15) is 0 Å². The smallest absolute Gasteiger partial charge is 0.234 e. The zero-order valence-corrected chi connectivity index (χ0v) is 19.1. The van der Waals surface area contributed by atoms with E-state index >= 15 is 0 Å². The number of nitrogens with zero attached hydrogens (tertiary/aromatic N) is 3. The molecule has 0 saturated carbocycles. The first-order chi connectivity index (χ1) is 15.5. The van der Waals surface area contributed by atoms with Gasteiger partial charge in [0.1, 0.15) is 23.9 Å². The van der Waals surface area contributed by atoms with Crippen LogP contribution < -0.4 is 19.5 Å². The molecule has 0 aliphatic rings. The number of allylic oxidation sites excluding steroid dienone is 1. The topological polar surface area (TPSA) is 87.5 Å². The summed E-state index contributed by atoms with van der Waals surface area (Å²) in [5.41, 5.74) is 1.75. The highest BCUT2D eigenvalue weighted by molar-refractivity contribution is 7.99. The summed E-state index contributed by atoms with van der Waals surface area (Å²) in [5.74, 6) is 2.58. The van der Waals surface area contributed by atoms with Crippen molar-refractivity contribution in [2.75, 3.05) is 25.3 Å². The summed E-state index contributed by atoms with van der Waals surface area (Å²) in [6.07, 6.45) is 1.76. The van der Waals surface area contributed by atoms with E-state index in [0.717, 1.165) is 11.3 Å². The van der Waals surface area contributed by atoms with Crippen molar-refractivity contribution in [3.63, 3.8) is 0 Å². The van der Waals surface area contributed by atoms with Gasteiger partial charge in [0.25, 0.3) is 0 Å². The third-order valence-electron chi connectivity index (χ3n) is 4.46. The Kier molecular flexibility index (Phi) is 8.15. The molecule has 1 aromatic heterocycles. The van der Waals surface area contributed by atoms with Gasteiger partial charge in [-0.25, -0.2) is 0 Å². The maximum atomic E-state index is 12.5. The highest BCUT2D eigenvalue weighted by atomic mass is 32.2. The first kappa shape index (κ1) is 23.2. The Morgan fingerprint density at radius 3 is 2.41 bits per heavy atom. The molecule has 0 atom stereocenters. The molecule has 1 heterocycles. The molecular formula is C23H26N4O4S. The predicted octanol–water partition coefficient (Wildman–Crippen LogP) is 4.10. The number of methoxy groups -OCH3 is 2. The lowest BCUT2D eigenvalue weighted by molar-refractivity contribution is -0.113. The first-order valence-corrected chi connectivity index (χ1v) is 10.9. The minimum Gasteiger partial charge on any atom is -0.497 e. The number of carbonyl (C=O) groups is 1. The van der Waals surface area contributed by atoms with E-state index in [0.29, 0.717) is 34.7 Å². The van der Waals surface area contributed by atoms with Crippen LogP contribution in [0.15, 0.2) is 60.3 Å². The van der Waals surface area contributed by atoms with Crippen LogP contribution in [0.2, 0.25) is 0 Å². The number of amides is 1. The number of aryl methyl sites for hydroxylation is 1. The van der Waals surface area contributed by atoms with E-state index in [-0.39, 0.29) is 18.3 Å². The summed E-state index contributed by atoms with van der Waals surface area (Å²) >= 11 is 1.29. The minimum absolute atomic E-state index is 0.160. The Labute approximate surface area is 191 Å². The Morgan fingerprint density at radius 1 is 1.09 bits per heavy atom. The normalized spacial score (nSPS) is 10.5. The van der Waals surface area contributed by atoms with Crippen LogP contribution in [0.1, 0.15) is 11.4 Å². The average molecular weight is 455 g/mol. The second-order valence-electron chi connectivity index (χ2n) is 6.84. The number of hydrogen-bond donors (Lipinski definition) is 1. The van der Waals surface area contributed by atoms with E-state index < -0.39 is 0 Å². The maximum absolute atomic E-state index is 12.5. The maximum Gasteiger partial charge on any atom is 0.234 e. The molecule has 1 N–H and O–H groups in total. The molecule has 0 bridgehead atoms.